The zero-order valence-corrected chi connectivity index (χ0v) is 7.18. The summed E-state index contributed by atoms with van der Waals surface area (Å²) in [7, 11) is 0. The Hall–Kier alpha value is -0.810. The van der Waals surface area contributed by atoms with Crippen molar-refractivity contribution in [2.24, 2.45) is 11.7 Å². The molecule has 0 spiro atoms. The Balaban J connectivity index is 3.85. The lowest BCUT2D eigenvalue weighted by Crippen LogP contribution is -2.22. The van der Waals surface area contributed by atoms with Gasteiger partial charge in [-0.1, -0.05) is 12.8 Å². The summed E-state index contributed by atoms with van der Waals surface area (Å²) in [6.07, 6.45) is 1.17. The van der Waals surface area contributed by atoms with Crippen LogP contribution in [0.3, 0.4) is 0 Å². The number of nitrogens with two attached hydrogens (primary N) is 1. The normalized spacial score (nSPS) is 11.5. The van der Waals surface area contributed by atoms with Crippen LogP contribution in [-0.2, 0) is 4.79 Å². The smallest absolute Gasteiger partial charge is 0.149 e. The molecule has 2 nitrogen and oxygen atoms in total. The predicted octanol–water partition coefficient (Wildman–Crippen LogP) is 0.954. The quantitative estimate of drug-likeness (QED) is 0.611. The van der Waals surface area contributed by atoms with Gasteiger partial charge in [0.05, 0.1) is 6.42 Å². The second-order valence-corrected chi connectivity index (χ2v) is 2.41. The molecule has 0 rings (SSSR count). The first-order valence-electron chi connectivity index (χ1n) is 3.88. The summed E-state index contributed by atoms with van der Waals surface area (Å²) >= 11 is 0. The number of hydrogen-bond donors (Lipinski definition) is 1. The Morgan fingerprint density at radius 2 is 2.27 bits per heavy atom. The second-order valence-electron chi connectivity index (χ2n) is 2.41. The highest BCUT2D eigenvalue weighted by molar-refractivity contribution is 5.83. The highest BCUT2D eigenvalue weighted by Gasteiger charge is 2.12. The first-order valence-corrected chi connectivity index (χ1v) is 3.88. The fourth-order valence-corrected chi connectivity index (χ4v) is 0.846. The number of Topliss-reactive ketones (excluding diaryl/α,β-unsaturated/α-hetero) is 1. The molecule has 1 atom stereocenters. The van der Waals surface area contributed by atoms with Crippen LogP contribution in [0.1, 0.15) is 26.7 Å². The van der Waals surface area contributed by atoms with Crippen molar-refractivity contribution in [3.63, 3.8) is 0 Å². The van der Waals surface area contributed by atoms with Crippen LogP contribution in [0.2, 0.25) is 0 Å². The zero-order chi connectivity index (χ0) is 8.69. The van der Waals surface area contributed by atoms with Crippen molar-refractivity contribution in [1.82, 2.24) is 0 Å². The third-order valence-corrected chi connectivity index (χ3v) is 1.67. The molecule has 0 saturated heterocycles. The number of ketones is 1. The molecule has 2 N–H and O–H groups in total. The molecule has 11 heavy (non-hydrogen) atoms. The molecule has 2 heteroatoms. The fourth-order valence-electron chi connectivity index (χ4n) is 0.846. The molecule has 0 aromatic carbocycles. The molecule has 0 aliphatic carbocycles. The van der Waals surface area contributed by atoms with Gasteiger partial charge in [-0.25, -0.2) is 0 Å². The van der Waals surface area contributed by atoms with Gasteiger partial charge in [0, 0.05) is 12.5 Å². The van der Waals surface area contributed by atoms with Crippen LogP contribution < -0.4 is 5.73 Å². The predicted molar refractivity (Wildman–Crippen MR) is 45.9 cm³/mol. The highest BCUT2D eigenvalue weighted by Crippen LogP contribution is 2.03. The Kier molecular flexibility index (Phi) is 5.50. The van der Waals surface area contributed by atoms with Gasteiger partial charge in [-0.2, -0.15) is 0 Å². The van der Waals surface area contributed by atoms with E-state index >= 15 is 0 Å². The lowest BCUT2D eigenvalue weighted by molar-refractivity contribution is -0.121. The van der Waals surface area contributed by atoms with Crippen LogP contribution in [-0.4, -0.2) is 12.3 Å². The van der Waals surface area contributed by atoms with Gasteiger partial charge >= 0.3 is 0 Å². The number of carbonyl (C=O) groups is 1. The first-order chi connectivity index (χ1) is 5.26. The minimum Gasteiger partial charge on any atom is -0.330 e. The third kappa shape index (κ3) is 3.79. The maximum absolute atomic E-state index is 11.2. The van der Waals surface area contributed by atoms with E-state index in [1.165, 1.54) is 0 Å². The van der Waals surface area contributed by atoms with Crippen molar-refractivity contribution in [3.05, 3.63) is 0 Å². The molecule has 0 amide bonds. The summed E-state index contributed by atoms with van der Waals surface area (Å²) in [6.45, 7) is 4.15. The molecule has 0 aromatic rings. The van der Waals surface area contributed by atoms with Gasteiger partial charge in [-0.3, -0.25) is 4.79 Å². The van der Waals surface area contributed by atoms with Crippen molar-refractivity contribution in [3.8, 4) is 11.8 Å². The van der Waals surface area contributed by atoms with E-state index in [0.717, 1.165) is 6.42 Å². The lowest BCUT2D eigenvalue weighted by Gasteiger charge is -2.07. The molecule has 0 aliphatic rings. The maximum atomic E-state index is 11.2. The average molecular weight is 153 g/mol. The monoisotopic (exact) mass is 153 g/mol. The molecule has 0 saturated carbocycles. The lowest BCUT2D eigenvalue weighted by atomic mass is 9.99. The molecule has 0 heterocycles. The molecule has 0 bridgehead atoms. The Morgan fingerprint density at radius 1 is 1.64 bits per heavy atom. The van der Waals surface area contributed by atoms with E-state index < -0.39 is 0 Å². The molecule has 0 aliphatic heterocycles. The SMILES string of the molecule is CC#CCC(=O)C(CC)CN. The van der Waals surface area contributed by atoms with Crippen molar-refractivity contribution in [2.75, 3.05) is 6.54 Å². The summed E-state index contributed by atoms with van der Waals surface area (Å²) in [5, 5.41) is 0. The molecule has 0 aromatic heterocycles. The molecular weight excluding hydrogens is 138 g/mol. The van der Waals surface area contributed by atoms with Crippen LogP contribution in [0.4, 0.5) is 0 Å². The zero-order valence-electron chi connectivity index (χ0n) is 7.18. The van der Waals surface area contributed by atoms with E-state index in [-0.39, 0.29) is 11.7 Å². The van der Waals surface area contributed by atoms with Gasteiger partial charge < -0.3 is 5.73 Å². The summed E-state index contributed by atoms with van der Waals surface area (Å²) in [5.41, 5.74) is 5.39. The highest BCUT2D eigenvalue weighted by atomic mass is 16.1. The van der Waals surface area contributed by atoms with Crippen LogP contribution in [0.15, 0.2) is 0 Å². The Bertz CT molecular complexity index is 172. The van der Waals surface area contributed by atoms with E-state index in [1.807, 2.05) is 6.92 Å². The van der Waals surface area contributed by atoms with E-state index in [9.17, 15) is 4.79 Å². The number of rotatable bonds is 4. The van der Waals surface area contributed by atoms with E-state index in [4.69, 9.17) is 5.73 Å². The Labute approximate surface area is 68.2 Å². The minimum absolute atomic E-state index is 0.0100. The topological polar surface area (TPSA) is 43.1 Å². The van der Waals surface area contributed by atoms with Gasteiger partial charge in [0.1, 0.15) is 5.78 Å². The maximum Gasteiger partial charge on any atom is 0.149 e. The third-order valence-electron chi connectivity index (χ3n) is 1.67. The molecule has 0 radical (unpaired) electrons. The van der Waals surface area contributed by atoms with Crippen molar-refractivity contribution in [1.29, 1.82) is 0 Å². The van der Waals surface area contributed by atoms with Crippen LogP contribution >= 0.6 is 0 Å². The molecule has 62 valence electrons. The summed E-state index contributed by atoms with van der Waals surface area (Å²) in [6, 6.07) is 0. The summed E-state index contributed by atoms with van der Waals surface area (Å²) in [5.74, 6) is 5.61. The average Bonchev–Trinajstić information content (AvgIpc) is 2.03. The van der Waals surface area contributed by atoms with Crippen LogP contribution in [0, 0.1) is 17.8 Å². The van der Waals surface area contributed by atoms with Crippen LogP contribution in [0.5, 0.6) is 0 Å². The van der Waals surface area contributed by atoms with Crippen molar-refractivity contribution in [2.45, 2.75) is 26.7 Å². The minimum atomic E-state index is 0.0100. The van der Waals surface area contributed by atoms with E-state index in [2.05, 4.69) is 11.8 Å². The largest absolute Gasteiger partial charge is 0.330 e. The molecular formula is C9H15NO. The fraction of sp³-hybridized carbons (Fsp3) is 0.667. The summed E-state index contributed by atoms with van der Waals surface area (Å²) in [4.78, 5) is 11.2. The van der Waals surface area contributed by atoms with Gasteiger partial charge in [-0.05, 0) is 13.3 Å². The van der Waals surface area contributed by atoms with Crippen LogP contribution in [0.25, 0.3) is 0 Å². The van der Waals surface area contributed by atoms with Gasteiger partial charge in [0.25, 0.3) is 0 Å². The van der Waals surface area contributed by atoms with E-state index in [1.54, 1.807) is 6.92 Å². The van der Waals surface area contributed by atoms with Gasteiger partial charge in [0.2, 0.25) is 0 Å². The number of carbonyl (C=O) groups excluding carboxylic acids is 1. The van der Waals surface area contributed by atoms with Gasteiger partial charge in [-0.15, -0.1) is 5.92 Å². The Morgan fingerprint density at radius 3 is 2.64 bits per heavy atom. The molecule has 0 fully saturated rings. The number of hydrogen-bond acceptors (Lipinski definition) is 2. The standard InChI is InChI=1S/C9H15NO/c1-3-5-6-9(11)8(4-2)7-10/h8H,4,6-7,10H2,1-2H3. The van der Waals surface area contributed by atoms with Crippen molar-refractivity contribution >= 4 is 5.78 Å². The molecule has 1 unspecified atom stereocenters. The first kappa shape index (κ1) is 10.2. The van der Waals surface area contributed by atoms with Crippen molar-refractivity contribution < 1.29 is 4.79 Å². The van der Waals surface area contributed by atoms with Gasteiger partial charge in [0.15, 0.2) is 0 Å². The van der Waals surface area contributed by atoms with E-state index in [0.29, 0.717) is 13.0 Å². The second kappa shape index (κ2) is 5.94. The summed E-state index contributed by atoms with van der Waals surface area (Å²) < 4.78 is 0.